The molecule has 0 aliphatic heterocycles. The van der Waals surface area contributed by atoms with Crippen molar-refractivity contribution in [2.45, 2.75) is 39.5 Å². The van der Waals surface area contributed by atoms with E-state index in [0.717, 1.165) is 5.56 Å². The van der Waals surface area contributed by atoms with Gasteiger partial charge in [0.2, 0.25) is 0 Å². The second kappa shape index (κ2) is 10.7. The molecule has 0 bridgehead atoms. The molecule has 3 rings (SSSR count). The summed E-state index contributed by atoms with van der Waals surface area (Å²) in [5.74, 6) is 0.520. The fourth-order valence-corrected chi connectivity index (χ4v) is 3.23. The molecular weight excluding hydrogens is 461 g/mol. The summed E-state index contributed by atoms with van der Waals surface area (Å²) < 4.78 is 57.9. The molecule has 0 atom stereocenters. The average molecular weight is 489 g/mol. The average Bonchev–Trinajstić information content (AvgIpc) is 2.77. The van der Waals surface area contributed by atoms with Gasteiger partial charge in [0, 0.05) is 6.07 Å². The van der Waals surface area contributed by atoms with Crippen LogP contribution in [0, 0.1) is 0 Å². The van der Waals surface area contributed by atoms with E-state index in [1.807, 2.05) is 24.3 Å². The molecule has 0 aliphatic rings. The summed E-state index contributed by atoms with van der Waals surface area (Å²) in [6, 6.07) is 18.1. The van der Waals surface area contributed by atoms with Crippen LogP contribution < -0.4 is 14.2 Å². The van der Waals surface area contributed by atoms with Crippen LogP contribution in [0.25, 0.3) is 11.1 Å². The zero-order valence-corrected chi connectivity index (χ0v) is 19.9. The summed E-state index contributed by atoms with van der Waals surface area (Å²) in [5.41, 5.74) is 2.37. The van der Waals surface area contributed by atoms with E-state index >= 15 is 0 Å². The third-order valence-electron chi connectivity index (χ3n) is 4.92. The predicted molar refractivity (Wildman–Crippen MR) is 126 cm³/mol. The van der Waals surface area contributed by atoms with Crippen molar-refractivity contribution in [3.05, 3.63) is 72.3 Å². The minimum atomic E-state index is -4.77. The van der Waals surface area contributed by atoms with Gasteiger partial charge in [-0.15, -0.1) is 13.2 Å². The summed E-state index contributed by atoms with van der Waals surface area (Å²) in [6.07, 6.45) is -4.77. The molecule has 0 fully saturated rings. The van der Waals surface area contributed by atoms with E-state index in [1.165, 1.54) is 24.3 Å². The Labute approximate surface area is 202 Å². The molecule has 5 nitrogen and oxygen atoms in total. The Morgan fingerprint density at radius 1 is 0.771 bits per heavy atom. The van der Waals surface area contributed by atoms with E-state index in [2.05, 4.69) is 25.5 Å². The largest absolute Gasteiger partial charge is 0.573 e. The highest BCUT2D eigenvalue weighted by Gasteiger charge is 2.31. The molecule has 0 aliphatic carbocycles. The minimum absolute atomic E-state index is 0.00541. The maximum Gasteiger partial charge on any atom is 0.573 e. The van der Waals surface area contributed by atoms with Crippen molar-refractivity contribution in [1.29, 1.82) is 0 Å². The van der Waals surface area contributed by atoms with Crippen molar-refractivity contribution >= 4 is 5.97 Å². The number of carbonyl (C=O) groups excluding carboxylic acids is 1. The molecule has 0 spiro atoms. The Hall–Kier alpha value is -3.68. The van der Waals surface area contributed by atoms with E-state index in [1.54, 1.807) is 25.1 Å². The number of esters is 1. The van der Waals surface area contributed by atoms with Gasteiger partial charge in [0.15, 0.2) is 6.61 Å². The molecule has 8 heteroatoms. The monoisotopic (exact) mass is 488 g/mol. The van der Waals surface area contributed by atoms with Crippen LogP contribution in [0.4, 0.5) is 13.2 Å². The Morgan fingerprint density at radius 3 is 1.94 bits per heavy atom. The highest BCUT2D eigenvalue weighted by Crippen LogP contribution is 2.34. The summed E-state index contributed by atoms with van der Waals surface area (Å²) in [6.45, 7) is 7.98. The fourth-order valence-electron chi connectivity index (χ4n) is 3.23. The van der Waals surface area contributed by atoms with E-state index in [-0.39, 0.29) is 24.4 Å². The molecule has 3 aromatic carbocycles. The molecule has 0 amide bonds. The van der Waals surface area contributed by atoms with Crippen LogP contribution in [0.5, 0.6) is 23.0 Å². The summed E-state index contributed by atoms with van der Waals surface area (Å²) in [5, 5.41) is 0. The molecule has 0 N–H and O–H groups in total. The number of rotatable bonds is 8. The van der Waals surface area contributed by atoms with Gasteiger partial charge in [-0.05, 0) is 65.4 Å². The van der Waals surface area contributed by atoms with Gasteiger partial charge in [-0.25, -0.2) is 4.79 Å². The van der Waals surface area contributed by atoms with Gasteiger partial charge in [0.05, 0.1) is 6.61 Å². The quantitative estimate of drug-likeness (QED) is 0.312. The van der Waals surface area contributed by atoms with Crippen molar-refractivity contribution in [3.63, 3.8) is 0 Å². The normalized spacial score (nSPS) is 11.6. The van der Waals surface area contributed by atoms with Gasteiger partial charge in [-0.2, -0.15) is 0 Å². The van der Waals surface area contributed by atoms with Crippen molar-refractivity contribution in [1.82, 2.24) is 0 Å². The van der Waals surface area contributed by atoms with Crippen LogP contribution in [0.15, 0.2) is 66.7 Å². The highest BCUT2D eigenvalue weighted by atomic mass is 19.4. The number of benzene rings is 3. The van der Waals surface area contributed by atoms with Crippen LogP contribution in [0.2, 0.25) is 0 Å². The van der Waals surface area contributed by atoms with Crippen LogP contribution in [-0.4, -0.2) is 25.5 Å². The highest BCUT2D eigenvalue weighted by molar-refractivity contribution is 5.72. The minimum Gasteiger partial charge on any atom is -0.482 e. The zero-order chi connectivity index (χ0) is 25.6. The molecule has 0 unspecified atom stereocenters. The lowest BCUT2D eigenvalue weighted by atomic mass is 9.87. The van der Waals surface area contributed by atoms with Gasteiger partial charge in [-0.3, -0.25) is 0 Å². The smallest absolute Gasteiger partial charge is 0.482 e. The molecule has 35 heavy (non-hydrogen) atoms. The third-order valence-corrected chi connectivity index (χ3v) is 4.92. The lowest BCUT2D eigenvalue weighted by Gasteiger charge is -2.19. The summed E-state index contributed by atoms with van der Waals surface area (Å²) >= 11 is 0. The molecular formula is C27H27F3O5. The number of hydrogen-bond donors (Lipinski definition) is 0. The SMILES string of the molecule is CCOC(=O)COc1cc(Oc2ccc(C(C)(C)C)cc2)cc(-c2ccc(OC(F)(F)F)cc2)c1. The first kappa shape index (κ1) is 25.9. The Bertz CT molecular complexity index is 1130. The standard InChI is InChI=1S/C27H27F3O5/c1-5-32-25(31)17-33-23-14-19(18-6-10-22(11-7-18)35-27(28,29)30)15-24(16-23)34-21-12-8-20(9-13-21)26(2,3)4/h6-16H,5,17H2,1-4H3. The third kappa shape index (κ3) is 7.95. The molecule has 0 saturated carbocycles. The Kier molecular flexibility index (Phi) is 7.94. The van der Waals surface area contributed by atoms with E-state index < -0.39 is 12.3 Å². The van der Waals surface area contributed by atoms with Crippen LogP contribution >= 0.6 is 0 Å². The summed E-state index contributed by atoms with van der Waals surface area (Å²) in [7, 11) is 0. The Balaban J connectivity index is 1.89. The summed E-state index contributed by atoms with van der Waals surface area (Å²) in [4.78, 5) is 11.7. The van der Waals surface area contributed by atoms with Gasteiger partial charge in [-0.1, -0.05) is 45.0 Å². The van der Waals surface area contributed by atoms with Crippen LogP contribution in [-0.2, 0) is 14.9 Å². The van der Waals surface area contributed by atoms with Crippen molar-refractivity contribution < 1.29 is 36.9 Å². The van der Waals surface area contributed by atoms with E-state index in [4.69, 9.17) is 14.2 Å². The number of halogens is 3. The Morgan fingerprint density at radius 2 is 1.37 bits per heavy atom. The van der Waals surface area contributed by atoms with Crippen molar-refractivity contribution in [2.24, 2.45) is 0 Å². The zero-order valence-electron chi connectivity index (χ0n) is 19.9. The predicted octanol–water partition coefficient (Wildman–Crippen LogP) is 7.28. The molecule has 0 aromatic heterocycles. The lowest BCUT2D eigenvalue weighted by Crippen LogP contribution is -2.16. The molecule has 3 aromatic rings. The van der Waals surface area contributed by atoms with Gasteiger partial charge < -0.3 is 18.9 Å². The fraction of sp³-hybridized carbons (Fsp3) is 0.296. The van der Waals surface area contributed by atoms with Gasteiger partial charge >= 0.3 is 12.3 Å². The first-order valence-electron chi connectivity index (χ1n) is 11.0. The molecule has 0 heterocycles. The lowest BCUT2D eigenvalue weighted by molar-refractivity contribution is -0.274. The second-order valence-corrected chi connectivity index (χ2v) is 8.74. The first-order chi connectivity index (χ1) is 16.4. The van der Waals surface area contributed by atoms with Crippen molar-refractivity contribution in [2.75, 3.05) is 13.2 Å². The molecule has 0 radical (unpaired) electrons. The van der Waals surface area contributed by atoms with Crippen molar-refractivity contribution in [3.8, 4) is 34.1 Å². The number of carbonyl (C=O) groups is 1. The van der Waals surface area contributed by atoms with Gasteiger partial charge in [0.25, 0.3) is 0 Å². The first-order valence-corrected chi connectivity index (χ1v) is 11.0. The van der Waals surface area contributed by atoms with Crippen LogP contribution in [0.1, 0.15) is 33.3 Å². The number of hydrogen-bond acceptors (Lipinski definition) is 5. The van der Waals surface area contributed by atoms with E-state index in [9.17, 15) is 18.0 Å². The maximum atomic E-state index is 12.5. The maximum absolute atomic E-state index is 12.5. The number of alkyl halides is 3. The molecule has 186 valence electrons. The van der Waals surface area contributed by atoms with E-state index in [0.29, 0.717) is 28.4 Å². The number of ether oxygens (including phenoxy) is 4. The van der Waals surface area contributed by atoms with Crippen LogP contribution in [0.3, 0.4) is 0 Å². The topological polar surface area (TPSA) is 54.0 Å². The van der Waals surface area contributed by atoms with Gasteiger partial charge in [0.1, 0.15) is 23.0 Å². The molecule has 0 saturated heterocycles. The second-order valence-electron chi connectivity index (χ2n) is 8.74.